The number of hydrogen-bond donors (Lipinski definition) is 1. The molecule has 2 N–H and O–H groups in total. The predicted octanol–water partition coefficient (Wildman–Crippen LogP) is 3.79. The minimum Gasteiger partial charge on any atom is -0.398 e. The quantitative estimate of drug-likeness (QED) is 0.837. The number of hydrogen-bond acceptors (Lipinski definition) is 2. The lowest BCUT2D eigenvalue weighted by Crippen LogP contribution is -2.37. The van der Waals surface area contributed by atoms with E-state index in [4.69, 9.17) is 5.73 Å². The fraction of sp³-hybridized carbons (Fsp3) is 0.533. The molecule has 0 aliphatic heterocycles. The number of nitrogens with two attached hydrogens (primary N) is 1. The summed E-state index contributed by atoms with van der Waals surface area (Å²) < 4.78 is 0.692. The smallest absolute Gasteiger partial charge is 0.255 e. The van der Waals surface area contributed by atoms with Crippen LogP contribution in [0, 0.1) is 11.8 Å². The number of carbonyl (C=O) groups is 1. The van der Waals surface area contributed by atoms with Crippen molar-refractivity contribution in [2.45, 2.75) is 27.7 Å². The minimum atomic E-state index is 0.0431. The third-order valence-corrected chi connectivity index (χ3v) is 3.60. The molecule has 106 valence electrons. The second-order valence-electron chi connectivity index (χ2n) is 5.71. The Morgan fingerprint density at radius 2 is 1.74 bits per heavy atom. The lowest BCUT2D eigenvalue weighted by molar-refractivity contribution is 0.0714. The second kappa shape index (κ2) is 6.94. The third kappa shape index (κ3) is 4.53. The molecular weight excluding hydrogens is 304 g/mol. The van der Waals surface area contributed by atoms with Gasteiger partial charge in [-0.15, -0.1) is 0 Å². The molecule has 0 unspecified atom stereocenters. The lowest BCUT2D eigenvalue weighted by Gasteiger charge is -2.27. The summed E-state index contributed by atoms with van der Waals surface area (Å²) in [7, 11) is 0. The van der Waals surface area contributed by atoms with Crippen molar-refractivity contribution in [3.8, 4) is 0 Å². The van der Waals surface area contributed by atoms with Crippen LogP contribution in [0.1, 0.15) is 38.1 Å². The molecule has 0 saturated heterocycles. The molecule has 0 aliphatic carbocycles. The third-order valence-electron chi connectivity index (χ3n) is 2.72. The Labute approximate surface area is 124 Å². The molecule has 0 atom stereocenters. The van der Waals surface area contributed by atoms with Gasteiger partial charge in [-0.25, -0.2) is 0 Å². The van der Waals surface area contributed by atoms with E-state index in [-0.39, 0.29) is 5.91 Å². The predicted molar refractivity (Wildman–Crippen MR) is 84.1 cm³/mol. The van der Waals surface area contributed by atoms with Crippen molar-refractivity contribution in [3.05, 3.63) is 28.2 Å². The summed E-state index contributed by atoms with van der Waals surface area (Å²) in [6.07, 6.45) is 0. The molecule has 0 fully saturated rings. The van der Waals surface area contributed by atoms with Crippen LogP contribution >= 0.6 is 15.9 Å². The van der Waals surface area contributed by atoms with Crippen LogP contribution in [0.2, 0.25) is 0 Å². The summed E-state index contributed by atoms with van der Waals surface area (Å²) in [4.78, 5) is 14.5. The molecule has 1 amide bonds. The lowest BCUT2D eigenvalue weighted by atomic mass is 10.1. The molecule has 1 aromatic carbocycles. The molecule has 19 heavy (non-hydrogen) atoms. The van der Waals surface area contributed by atoms with E-state index in [1.54, 1.807) is 6.07 Å². The van der Waals surface area contributed by atoms with Crippen molar-refractivity contribution in [3.63, 3.8) is 0 Å². The Kier molecular flexibility index (Phi) is 5.85. The van der Waals surface area contributed by atoms with Crippen molar-refractivity contribution >= 4 is 27.5 Å². The largest absolute Gasteiger partial charge is 0.398 e. The summed E-state index contributed by atoms with van der Waals surface area (Å²) in [5.74, 6) is 0.937. The first-order chi connectivity index (χ1) is 8.82. The van der Waals surface area contributed by atoms with E-state index in [9.17, 15) is 4.79 Å². The maximum absolute atomic E-state index is 12.6. The van der Waals surface area contributed by atoms with E-state index in [1.165, 1.54) is 0 Å². The summed E-state index contributed by atoms with van der Waals surface area (Å²) in [5, 5.41) is 0. The summed E-state index contributed by atoms with van der Waals surface area (Å²) in [6, 6.07) is 5.42. The number of nitrogens with zero attached hydrogens (tertiary/aromatic N) is 1. The highest BCUT2D eigenvalue weighted by Gasteiger charge is 2.20. The van der Waals surface area contributed by atoms with Crippen LogP contribution in [0.25, 0.3) is 0 Å². The molecule has 0 heterocycles. The molecular formula is C15H23BrN2O. The van der Waals surface area contributed by atoms with Crippen LogP contribution in [-0.4, -0.2) is 23.9 Å². The number of rotatable bonds is 5. The summed E-state index contributed by atoms with van der Waals surface area (Å²) >= 11 is 3.41. The zero-order valence-electron chi connectivity index (χ0n) is 12.1. The second-order valence-corrected chi connectivity index (χ2v) is 6.50. The molecule has 0 radical (unpaired) electrons. The van der Waals surface area contributed by atoms with Gasteiger partial charge in [0.05, 0.1) is 10.0 Å². The van der Waals surface area contributed by atoms with Gasteiger partial charge in [0.2, 0.25) is 0 Å². The monoisotopic (exact) mass is 326 g/mol. The van der Waals surface area contributed by atoms with Crippen molar-refractivity contribution in [2.24, 2.45) is 11.8 Å². The van der Waals surface area contributed by atoms with Crippen molar-refractivity contribution in [1.29, 1.82) is 0 Å². The molecule has 1 rings (SSSR count). The van der Waals surface area contributed by atoms with Gasteiger partial charge in [0.1, 0.15) is 0 Å². The average molecular weight is 327 g/mol. The number of halogens is 1. The standard InChI is InChI=1S/C15H23BrN2O/c1-10(2)8-18(9-11(3)4)15(19)12-6-5-7-13(17)14(12)16/h5-7,10-11H,8-9,17H2,1-4H3. The van der Waals surface area contributed by atoms with Gasteiger partial charge in [-0.2, -0.15) is 0 Å². The highest BCUT2D eigenvalue weighted by molar-refractivity contribution is 9.10. The summed E-state index contributed by atoms with van der Waals surface area (Å²) in [5.41, 5.74) is 7.08. The Morgan fingerprint density at radius 3 is 2.21 bits per heavy atom. The topological polar surface area (TPSA) is 46.3 Å². The Morgan fingerprint density at radius 1 is 1.21 bits per heavy atom. The molecule has 0 aromatic heterocycles. The number of benzene rings is 1. The number of carbonyl (C=O) groups excluding carboxylic acids is 1. The number of nitrogen functional groups attached to an aromatic ring is 1. The highest BCUT2D eigenvalue weighted by atomic mass is 79.9. The van der Waals surface area contributed by atoms with Gasteiger partial charge in [0, 0.05) is 18.8 Å². The Bertz CT molecular complexity index is 434. The van der Waals surface area contributed by atoms with Crippen molar-refractivity contribution in [1.82, 2.24) is 4.90 Å². The number of anilines is 1. The summed E-state index contributed by atoms with van der Waals surface area (Å²) in [6.45, 7) is 10.0. The first-order valence-electron chi connectivity index (χ1n) is 6.66. The first-order valence-corrected chi connectivity index (χ1v) is 7.45. The van der Waals surface area contributed by atoms with Crippen LogP contribution in [-0.2, 0) is 0 Å². The van der Waals surface area contributed by atoms with Crippen molar-refractivity contribution in [2.75, 3.05) is 18.8 Å². The fourth-order valence-corrected chi connectivity index (χ4v) is 2.44. The van der Waals surface area contributed by atoms with Crippen LogP contribution in [0.5, 0.6) is 0 Å². The van der Waals surface area contributed by atoms with E-state index in [2.05, 4.69) is 43.6 Å². The van der Waals surface area contributed by atoms with Crippen LogP contribution in [0.4, 0.5) is 5.69 Å². The van der Waals surface area contributed by atoms with Gasteiger partial charge < -0.3 is 10.6 Å². The first kappa shape index (κ1) is 16.0. The average Bonchev–Trinajstić information content (AvgIpc) is 2.30. The van der Waals surface area contributed by atoms with E-state index < -0.39 is 0 Å². The Hall–Kier alpha value is -1.03. The van der Waals surface area contributed by atoms with E-state index in [0.717, 1.165) is 13.1 Å². The minimum absolute atomic E-state index is 0.0431. The van der Waals surface area contributed by atoms with Gasteiger partial charge in [0.25, 0.3) is 5.91 Å². The SMILES string of the molecule is CC(C)CN(CC(C)C)C(=O)c1cccc(N)c1Br. The maximum Gasteiger partial charge on any atom is 0.255 e. The molecule has 1 aromatic rings. The van der Waals surface area contributed by atoms with E-state index in [0.29, 0.717) is 27.6 Å². The molecule has 0 saturated carbocycles. The van der Waals surface area contributed by atoms with Gasteiger partial charge in [-0.1, -0.05) is 33.8 Å². The molecule has 0 aliphatic rings. The van der Waals surface area contributed by atoms with Gasteiger partial charge >= 0.3 is 0 Å². The molecule has 0 bridgehead atoms. The highest BCUT2D eigenvalue weighted by Crippen LogP contribution is 2.25. The molecule has 0 spiro atoms. The molecule has 4 heteroatoms. The van der Waals surface area contributed by atoms with Gasteiger partial charge in [0.15, 0.2) is 0 Å². The van der Waals surface area contributed by atoms with Gasteiger partial charge in [-0.3, -0.25) is 4.79 Å². The molecule has 3 nitrogen and oxygen atoms in total. The van der Waals surface area contributed by atoms with Crippen LogP contribution in [0.3, 0.4) is 0 Å². The zero-order valence-corrected chi connectivity index (χ0v) is 13.7. The van der Waals surface area contributed by atoms with E-state index in [1.807, 2.05) is 17.0 Å². The van der Waals surface area contributed by atoms with Gasteiger partial charge in [-0.05, 0) is 39.9 Å². The maximum atomic E-state index is 12.6. The fourth-order valence-electron chi connectivity index (χ4n) is 2.01. The van der Waals surface area contributed by atoms with E-state index >= 15 is 0 Å². The normalized spacial score (nSPS) is 11.1. The van der Waals surface area contributed by atoms with Crippen LogP contribution < -0.4 is 5.73 Å². The zero-order chi connectivity index (χ0) is 14.6. The van der Waals surface area contributed by atoms with Crippen LogP contribution in [0.15, 0.2) is 22.7 Å². The number of amides is 1. The van der Waals surface area contributed by atoms with Crippen molar-refractivity contribution < 1.29 is 4.79 Å². The Balaban J connectivity index is 3.01.